The molecule has 1 amide bonds. The third-order valence-electron chi connectivity index (χ3n) is 3.16. The Labute approximate surface area is 126 Å². The number of nitrogens with one attached hydrogen (secondary N) is 1. The molecule has 0 bridgehead atoms. The van der Waals surface area contributed by atoms with Gasteiger partial charge in [-0.3, -0.25) is 14.2 Å². The molecule has 0 aliphatic heterocycles. The van der Waals surface area contributed by atoms with E-state index in [-0.39, 0.29) is 34.8 Å². The predicted octanol–water partition coefficient (Wildman–Crippen LogP) is 2.38. The highest BCUT2D eigenvalue weighted by Crippen LogP contribution is 2.24. The van der Waals surface area contributed by atoms with Crippen LogP contribution in [0.25, 0.3) is 0 Å². The van der Waals surface area contributed by atoms with E-state index in [1.165, 1.54) is 11.5 Å². The van der Waals surface area contributed by atoms with Crippen LogP contribution in [0.3, 0.4) is 0 Å². The average Bonchev–Trinajstić information content (AvgIpc) is 2.97. The Bertz CT molecular complexity index is 524. The maximum atomic E-state index is 12.2. The van der Waals surface area contributed by atoms with Gasteiger partial charge in [0.2, 0.25) is 5.82 Å². The van der Waals surface area contributed by atoms with Crippen LogP contribution in [-0.4, -0.2) is 27.5 Å². The van der Waals surface area contributed by atoms with E-state index in [1.54, 1.807) is 0 Å². The van der Waals surface area contributed by atoms with E-state index in [9.17, 15) is 9.59 Å². The summed E-state index contributed by atoms with van der Waals surface area (Å²) in [6.45, 7) is 1.08. The van der Waals surface area contributed by atoms with Gasteiger partial charge in [0.15, 0.2) is 17.0 Å². The van der Waals surface area contributed by atoms with E-state index in [0.717, 1.165) is 25.7 Å². The summed E-state index contributed by atoms with van der Waals surface area (Å²) in [4.78, 5) is 27.0. The fraction of sp³-hybridized carbons (Fsp3) is 0.583. The van der Waals surface area contributed by atoms with Crippen LogP contribution >= 0.6 is 23.2 Å². The number of esters is 1. The summed E-state index contributed by atoms with van der Waals surface area (Å²) in [5, 5.41) is 2.97. The summed E-state index contributed by atoms with van der Waals surface area (Å²) >= 11 is 11.8. The first-order valence-electron chi connectivity index (χ1n) is 6.34. The first-order chi connectivity index (χ1) is 9.49. The van der Waals surface area contributed by atoms with Crippen LogP contribution in [0, 0.1) is 0 Å². The number of hydrogen-bond donors (Lipinski definition) is 1. The molecular weight excluding hydrogens is 305 g/mol. The average molecular weight is 320 g/mol. The molecule has 0 aromatic carbocycles. The van der Waals surface area contributed by atoms with Crippen molar-refractivity contribution in [3.8, 4) is 0 Å². The zero-order valence-corrected chi connectivity index (χ0v) is 12.5. The van der Waals surface area contributed by atoms with Crippen molar-refractivity contribution in [1.29, 1.82) is 0 Å². The monoisotopic (exact) mass is 319 g/mol. The number of carbonyl (C=O) groups excluding carboxylic acids is 2. The SMILES string of the molecule is CC(=O)OCn1c(C(=O)NC2CCCC2)nc(Cl)c1Cl. The molecular formula is C12H15Cl2N3O3. The third-order valence-corrected chi connectivity index (χ3v) is 3.90. The van der Waals surface area contributed by atoms with Crippen molar-refractivity contribution in [2.75, 3.05) is 0 Å². The van der Waals surface area contributed by atoms with Crippen LogP contribution in [0.15, 0.2) is 0 Å². The van der Waals surface area contributed by atoms with Gasteiger partial charge < -0.3 is 10.1 Å². The normalized spacial score (nSPS) is 15.3. The largest absolute Gasteiger partial charge is 0.444 e. The number of imidazole rings is 1. The molecule has 1 aromatic rings. The van der Waals surface area contributed by atoms with Crippen LogP contribution in [0.4, 0.5) is 0 Å². The first-order valence-corrected chi connectivity index (χ1v) is 7.10. The van der Waals surface area contributed by atoms with Gasteiger partial charge in [-0.2, -0.15) is 0 Å². The molecule has 1 aliphatic carbocycles. The summed E-state index contributed by atoms with van der Waals surface area (Å²) in [5.74, 6) is -0.793. The Morgan fingerprint density at radius 3 is 2.65 bits per heavy atom. The second kappa shape index (κ2) is 6.45. The minimum atomic E-state index is -0.479. The van der Waals surface area contributed by atoms with Crippen molar-refractivity contribution in [1.82, 2.24) is 14.9 Å². The molecule has 1 N–H and O–H groups in total. The molecule has 20 heavy (non-hydrogen) atoms. The second-order valence-corrected chi connectivity index (χ2v) is 5.38. The lowest BCUT2D eigenvalue weighted by Gasteiger charge is -2.13. The first kappa shape index (κ1) is 15.1. The van der Waals surface area contributed by atoms with E-state index in [1.807, 2.05) is 0 Å². The zero-order valence-electron chi connectivity index (χ0n) is 11.0. The molecule has 0 unspecified atom stereocenters. The van der Waals surface area contributed by atoms with E-state index in [0.29, 0.717) is 0 Å². The van der Waals surface area contributed by atoms with Crippen molar-refractivity contribution in [3.05, 3.63) is 16.1 Å². The molecule has 110 valence electrons. The number of nitrogens with zero attached hydrogens (tertiary/aromatic N) is 2. The number of hydrogen-bond acceptors (Lipinski definition) is 4. The third kappa shape index (κ3) is 3.43. The van der Waals surface area contributed by atoms with E-state index in [4.69, 9.17) is 27.9 Å². The topological polar surface area (TPSA) is 73.2 Å². The van der Waals surface area contributed by atoms with Crippen molar-refractivity contribution in [3.63, 3.8) is 0 Å². The quantitative estimate of drug-likeness (QED) is 0.865. The van der Waals surface area contributed by atoms with Gasteiger partial charge >= 0.3 is 5.97 Å². The number of aromatic nitrogens is 2. The molecule has 6 nitrogen and oxygen atoms in total. The lowest BCUT2D eigenvalue weighted by molar-refractivity contribution is -0.144. The molecule has 1 aliphatic rings. The summed E-state index contributed by atoms with van der Waals surface area (Å²) < 4.78 is 6.12. The molecule has 1 heterocycles. The highest BCUT2D eigenvalue weighted by atomic mass is 35.5. The lowest BCUT2D eigenvalue weighted by Crippen LogP contribution is -2.34. The van der Waals surface area contributed by atoms with Gasteiger partial charge in [-0.25, -0.2) is 4.98 Å². The van der Waals surface area contributed by atoms with Crippen LogP contribution in [-0.2, 0) is 16.3 Å². The molecule has 0 saturated heterocycles. The second-order valence-electron chi connectivity index (χ2n) is 4.66. The number of amides is 1. The highest BCUT2D eigenvalue weighted by molar-refractivity contribution is 6.40. The summed E-state index contributed by atoms with van der Waals surface area (Å²) in [6.07, 6.45) is 4.12. The lowest BCUT2D eigenvalue weighted by atomic mass is 10.2. The van der Waals surface area contributed by atoms with Gasteiger partial charge in [0.25, 0.3) is 5.91 Å². The highest BCUT2D eigenvalue weighted by Gasteiger charge is 2.24. The molecule has 0 atom stereocenters. The van der Waals surface area contributed by atoms with Crippen LogP contribution < -0.4 is 5.32 Å². The smallest absolute Gasteiger partial charge is 0.304 e. The zero-order chi connectivity index (χ0) is 14.7. The Hall–Kier alpha value is -1.27. The predicted molar refractivity (Wildman–Crippen MR) is 73.7 cm³/mol. The summed E-state index contributed by atoms with van der Waals surface area (Å²) in [5.41, 5.74) is 0. The summed E-state index contributed by atoms with van der Waals surface area (Å²) in [7, 11) is 0. The van der Waals surface area contributed by atoms with Gasteiger partial charge in [0.1, 0.15) is 0 Å². The van der Waals surface area contributed by atoms with Crippen LogP contribution in [0.5, 0.6) is 0 Å². The Balaban J connectivity index is 2.14. The van der Waals surface area contributed by atoms with Crippen molar-refractivity contribution >= 4 is 35.1 Å². The fourth-order valence-electron chi connectivity index (χ4n) is 2.17. The van der Waals surface area contributed by atoms with Crippen LogP contribution in [0.1, 0.15) is 43.2 Å². The molecule has 8 heteroatoms. The summed E-state index contributed by atoms with van der Waals surface area (Å²) in [6, 6.07) is 0.152. The minimum Gasteiger partial charge on any atom is -0.444 e. The van der Waals surface area contributed by atoms with Gasteiger partial charge in [0, 0.05) is 13.0 Å². The number of ether oxygens (including phenoxy) is 1. The van der Waals surface area contributed by atoms with Gasteiger partial charge in [-0.1, -0.05) is 36.0 Å². The van der Waals surface area contributed by atoms with E-state index >= 15 is 0 Å². The van der Waals surface area contributed by atoms with Crippen molar-refractivity contribution in [2.24, 2.45) is 0 Å². The van der Waals surface area contributed by atoms with Gasteiger partial charge in [-0.05, 0) is 12.8 Å². The number of halogens is 2. The molecule has 0 radical (unpaired) electrons. The van der Waals surface area contributed by atoms with Crippen LogP contribution in [0.2, 0.25) is 10.3 Å². The maximum absolute atomic E-state index is 12.2. The molecule has 2 rings (SSSR count). The van der Waals surface area contributed by atoms with Gasteiger partial charge in [0.05, 0.1) is 0 Å². The number of carbonyl (C=O) groups is 2. The number of rotatable bonds is 4. The molecule has 1 fully saturated rings. The molecule has 1 aromatic heterocycles. The minimum absolute atomic E-state index is 0.00962. The molecule has 0 spiro atoms. The fourth-order valence-corrected chi connectivity index (χ4v) is 2.52. The van der Waals surface area contributed by atoms with E-state index < -0.39 is 5.97 Å². The van der Waals surface area contributed by atoms with Gasteiger partial charge in [-0.15, -0.1) is 0 Å². The Morgan fingerprint density at radius 1 is 1.40 bits per heavy atom. The van der Waals surface area contributed by atoms with E-state index in [2.05, 4.69) is 10.3 Å². The maximum Gasteiger partial charge on any atom is 0.304 e. The molecule has 1 saturated carbocycles. The van der Waals surface area contributed by atoms with Crippen molar-refractivity contribution in [2.45, 2.75) is 45.4 Å². The Kier molecular flexibility index (Phi) is 4.88. The standard InChI is InChI=1S/C12H15Cl2N3O3/c1-7(18)20-6-17-10(14)9(13)16-11(17)12(19)15-8-4-2-3-5-8/h8H,2-6H2,1H3,(H,15,19). The van der Waals surface area contributed by atoms with Crippen molar-refractivity contribution < 1.29 is 14.3 Å². The Morgan fingerprint density at radius 2 is 2.05 bits per heavy atom.